The third kappa shape index (κ3) is 3.37. The van der Waals surface area contributed by atoms with Gasteiger partial charge in [0.1, 0.15) is 17.3 Å². The van der Waals surface area contributed by atoms with Gasteiger partial charge in [0.05, 0.1) is 25.6 Å². The van der Waals surface area contributed by atoms with Crippen LogP contribution in [0, 0.1) is 0 Å². The highest BCUT2D eigenvalue weighted by Gasteiger charge is 2.53. The number of aromatic nitrogens is 4. The molecule has 156 valence electrons. The van der Waals surface area contributed by atoms with Crippen LogP contribution >= 0.6 is 0 Å². The first-order valence-electron chi connectivity index (χ1n) is 9.27. The molecule has 10 nitrogen and oxygen atoms in total. The summed E-state index contributed by atoms with van der Waals surface area (Å²) in [6.07, 6.45) is 0.937. The van der Waals surface area contributed by atoms with E-state index in [1.165, 1.54) is 0 Å². The largest absolute Gasteiger partial charge is 0.411 e. The van der Waals surface area contributed by atoms with Gasteiger partial charge in [0, 0.05) is 6.42 Å². The Kier molecular flexibility index (Phi) is 5.17. The Morgan fingerprint density at radius 3 is 2.50 bits per heavy atom. The van der Waals surface area contributed by atoms with Crippen LogP contribution in [0.15, 0.2) is 6.33 Å². The lowest BCUT2D eigenvalue weighted by atomic mass is 9.99. The lowest BCUT2D eigenvalue weighted by Crippen LogP contribution is -2.54. The van der Waals surface area contributed by atoms with Gasteiger partial charge in [-0.05, 0) is 18.1 Å². The van der Waals surface area contributed by atoms with Crippen molar-refractivity contribution in [3.05, 3.63) is 6.33 Å². The van der Waals surface area contributed by atoms with Crippen molar-refractivity contribution in [3.8, 4) is 0 Å². The van der Waals surface area contributed by atoms with Gasteiger partial charge in [-0.15, -0.1) is 0 Å². The molecule has 0 aliphatic carbocycles. The van der Waals surface area contributed by atoms with Crippen LogP contribution in [0.5, 0.6) is 0 Å². The summed E-state index contributed by atoms with van der Waals surface area (Å²) in [7, 11) is -2.17. The number of aliphatic hydroxyl groups is 2. The van der Waals surface area contributed by atoms with Gasteiger partial charge in [0.2, 0.25) is 5.95 Å². The number of hydrogen-bond donors (Lipinski definition) is 4. The molecule has 2 aromatic rings. The molecule has 0 saturated carbocycles. The van der Waals surface area contributed by atoms with Crippen molar-refractivity contribution in [3.63, 3.8) is 0 Å². The maximum Gasteiger partial charge on any atom is 0.224 e. The number of anilines is 2. The SMILES string of the molecule is CC(C)(C)[Si](C)(C)O[C@H]1C[C@@H](n2cnc3c(N)nc(N)nc32)OC1(CO)CO. The van der Waals surface area contributed by atoms with Crippen molar-refractivity contribution in [2.75, 3.05) is 24.7 Å². The van der Waals surface area contributed by atoms with E-state index in [4.69, 9.17) is 20.6 Å². The molecule has 11 heteroatoms. The summed E-state index contributed by atoms with van der Waals surface area (Å²) < 4.78 is 14.3. The minimum absolute atomic E-state index is 0.0282. The van der Waals surface area contributed by atoms with Crippen LogP contribution in [-0.4, -0.2) is 63.0 Å². The predicted octanol–water partition coefficient (Wildman–Crippen LogP) is 1.02. The summed E-state index contributed by atoms with van der Waals surface area (Å²) >= 11 is 0. The maximum atomic E-state index is 10.1. The number of hydrogen-bond acceptors (Lipinski definition) is 9. The monoisotopic (exact) mass is 410 g/mol. The normalized spacial score (nSPS) is 22.8. The number of fused-ring (bicyclic) bond motifs is 1. The molecule has 0 bridgehead atoms. The van der Waals surface area contributed by atoms with E-state index in [-0.39, 0.29) is 30.0 Å². The van der Waals surface area contributed by atoms with Gasteiger partial charge in [0.25, 0.3) is 0 Å². The summed E-state index contributed by atoms with van der Waals surface area (Å²) in [5, 5.41) is 20.1. The number of nitrogens with two attached hydrogens (primary N) is 2. The lowest BCUT2D eigenvalue weighted by molar-refractivity contribution is -0.146. The number of nitrogens with zero attached hydrogens (tertiary/aromatic N) is 4. The fourth-order valence-electron chi connectivity index (χ4n) is 3.15. The molecular formula is C17H30N6O4Si. The van der Waals surface area contributed by atoms with Crippen LogP contribution in [0.2, 0.25) is 18.1 Å². The Labute approximate surface area is 165 Å². The number of ether oxygens (including phenoxy) is 1. The molecule has 3 heterocycles. The Bertz CT molecular complexity index is 861. The zero-order chi connectivity index (χ0) is 20.9. The van der Waals surface area contributed by atoms with Crippen molar-refractivity contribution >= 4 is 31.2 Å². The standard InChI is InChI=1S/C17H30N6O4Si/c1-16(2,3)28(4,5)27-10-6-11(26-17(10,7-24)8-25)23-9-20-12-13(18)21-15(19)22-14(12)23/h9-11,24-25H,6-8H2,1-5H3,(H4,18,19,21,22)/t10-,11-/m0/s1. The van der Waals surface area contributed by atoms with Gasteiger partial charge in [-0.25, -0.2) is 4.98 Å². The van der Waals surface area contributed by atoms with Gasteiger partial charge in [-0.1, -0.05) is 20.8 Å². The molecule has 1 saturated heterocycles. The van der Waals surface area contributed by atoms with Crippen LogP contribution in [0.3, 0.4) is 0 Å². The molecule has 28 heavy (non-hydrogen) atoms. The van der Waals surface area contributed by atoms with Crippen LogP contribution in [0.25, 0.3) is 11.2 Å². The molecule has 1 aliphatic heterocycles. The minimum Gasteiger partial charge on any atom is -0.411 e. The topological polar surface area (TPSA) is 155 Å². The molecule has 2 atom stereocenters. The maximum absolute atomic E-state index is 10.1. The molecule has 3 rings (SSSR count). The highest BCUT2D eigenvalue weighted by Crippen LogP contribution is 2.45. The van der Waals surface area contributed by atoms with Gasteiger partial charge < -0.3 is 30.8 Å². The first kappa shape index (κ1) is 20.9. The van der Waals surface area contributed by atoms with Crippen molar-refractivity contribution in [1.82, 2.24) is 19.5 Å². The predicted molar refractivity (Wildman–Crippen MR) is 108 cm³/mol. The molecule has 2 aromatic heterocycles. The zero-order valence-corrected chi connectivity index (χ0v) is 18.0. The Balaban J connectivity index is 1.98. The second-order valence-corrected chi connectivity index (χ2v) is 13.6. The van der Waals surface area contributed by atoms with Crippen LogP contribution in [0.4, 0.5) is 11.8 Å². The number of aliphatic hydroxyl groups excluding tert-OH is 2. The van der Waals surface area contributed by atoms with E-state index in [2.05, 4.69) is 48.8 Å². The lowest BCUT2D eigenvalue weighted by Gasteiger charge is -2.42. The molecule has 0 aromatic carbocycles. The number of imidazole rings is 1. The molecular weight excluding hydrogens is 380 g/mol. The average Bonchev–Trinajstić information content (AvgIpc) is 3.15. The molecule has 1 aliphatic rings. The van der Waals surface area contributed by atoms with Gasteiger partial charge in [-0.3, -0.25) is 4.57 Å². The molecule has 0 amide bonds. The molecule has 0 unspecified atom stereocenters. The second kappa shape index (κ2) is 6.92. The molecule has 1 fully saturated rings. The van der Waals surface area contributed by atoms with E-state index in [0.717, 1.165) is 0 Å². The Morgan fingerprint density at radius 1 is 1.29 bits per heavy atom. The van der Waals surface area contributed by atoms with E-state index in [1.807, 2.05) is 0 Å². The minimum atomic E-state index is -2.17. The van der Waals surface area contributed by atoms with Crippen molar-refractivity contribution in [1.29, 1.82) is 0 Å². The fraction of sp³-hybridized carbons (Fsp3) is 0.706. The third-order valence-electron chi connectivity index (χ3n) is 5.93. The Hall–Kier alpha value is -1.79. The summed E-state index contributed by atoms with van der Waals surface area (Å²) in [4.78, 5) is 12.4. The summed E-state index contributed by atoms with van der Waals surface area (Å²) in [6.45, 7) is 9.92. The average molecular weight is 411 g/mol. The fourth-order valence-corrected chi connectivity index (χ4v) is 4.52. The van der Waals surface area contributed by atoms with E-state index in [1.54, 1.807) is 10.9 Å². The van der Waals surface area contributed by atoms with E-state index >= 15 is 0 Å². The van der Waals surface area contributed by atoms with Crippen LogP contribution in [-0.2, 0) is 9.16 Å². The van der Waals surface area contributed by atoms with Gasteiger partial charge in [0.15, 0.2) is 19.8 Å². The number of nitrogen functional groups attached to an aromatic ring is 2. The van der Waals surface area contributed by atoms with E-state index in [9.17, 15) is 10.2 Å². The summed E-state index contributed by atoms with van der Waals surface area (Å²) in [5.41, 5.74) is 11.3. The van der Waals surface area contributed by atoms with E-state index in [0.29, 0.717) is 17.6 Å². The van der Waals surface area contributed by atoms with Crippen molar-refractivity contribution in [2.45, 2.75) is 63.3 Å². The van der Waals surface area contributed by atoms with Crippen LogP contribution < -0.4 is 11.5 Å². The summed E-state index contributed by atoms with van der Waals surface area (Å²) in [5.74, 6) is 0.221. The van der Waals surface area contributed by atoms with Crippen molar-refractivity contribution < 1.29 is 19.4 Å². The highest BCUT2D eigenvalue weighted by molar-refractivity contribution is 6.74. The van der Waals surface area contributed by atoms with Crippen LogP contribution in [0.1, 0.15) is 33.4 Å². The van der Waals surface area contributed by atoms with Crippen molar-refractivity contribution in [2.24, 2.45) is 0 Å². The zero-order valence-electron chi connectivity index (χ0n) is 17.0. The van der Waals surface area contributed by atoms with Gasteiger partial charge >= 0.3 is 0 Å². The Morgan fingerprint density at radius 2 is 1.93 bits per heavy atom. The quantitative estimate of drug-likeness (QED) is 0.529. The third-order valence-corrected chi connectivity index (χ3v) is 10.4. The molecule has 0 radical (unpaired) electrons. The first-order chi connectivity index (χ1) is 12.9. The first-order valence-corrected chi connectivity index (χ1v) is 12.2. The van der Waals surface area contributed by atoms with Gasteiger partial charge in [-0.2, -0.15) is 9.97 Å². The summed E-state index contributed by atoms with van der Waals surface area (Å²) in [6, 6.07) is 0. The number of rotatable bonds is 5. The van der Waals surface area contributed by atoms with E-state index < -0.39 is 26.3 Å². The highest BCUT2D eigenvalue weighted by atomic mass is 28.4. The molecule has 6 N–H and O–H groups in total. The second-order valence-electron chi connectivity index (χ2n) is 8.85. The molecule has 0 spiro atoms. The smallest absolute Gasteiger partial charge is 0.224 e.